The van der Waals surface area contributed by atoms with Crippen molar-refractivity contribution in [3.05, 3.63) is 0 Å². The lowest BCUT2D eigenvalue weighted by molar-refractivity contribution is -0.270. The van der Waals surface area contributed by atoms with Crippen LogP contribution in [0, 0.1) is 0 Å². The highest BCUT2D eigenvalue weighted by Gasteiger charge is 2.51. The standard InChI is InChI=1S/C24H40N4O11S2/c1-13(29)26-17(9-11-41-5)23(34)25-12-18-21(36-15(3)31)22(37-16(4)32)20(27-14(2)30)24(38-18)35-10-7-6-8-19(33)39-28-40/h17-18,20-22,24,28,40H,6-12H2,1-5H3,(H,25,34)(H,26,29)(H,27,30)/t17?,18?,20-,21-,22?,24+/m0/s1. The summed E-state index contributed by atoms with van der Waals surface area (Å²) < 4.78 is 22.9. The molecule has 234 valence electrons. The van der Waals surface area contributed by atoms with E-state index in [1.54, 1.807) is 0 Å². The molecule has 1 aliphatic rings. The highest BCUT2D eigenvalue weighted by atomic mass is 32.2. The van der Waals surface area contributed by atoms with Gasteiger partial charge in [-0.1, -0.05) is 17.7 Å². The molecule has 1 fully saturated rings. The van der Waals surface area contributed by atoms with Crippen molar-refractivity contribution in [2.24, 2.45) is 0 Å². The molecule has 15 nitrogen and oxygen atoms in total. The van der Waals surface area contributed by atoms with Crippen molar-refractivity contribution in [1.82, 2.24) is 20.8 Å². The summed E-state index contributed by atoms with van der Waals surface area (Å²) in [6, 6.07) is -1.90. The number of esters is 2. The van der Waals surface area contributed by atoms with Gasteiger partial charge in [-0.3, -0.25) is 28.8 Å². The van der Waals surface area contributed by atoms with Crippen molar-refractivity contribution < 1.29 is 52.6 Å². The van der Waals surface area contributed by atoms with Crippen LogP contribution in [0.2, 0.25) is 0 Å². The minimum atomic E-state index is -1.24. The molecule has 0 aromatic rings. The summed E-state index contributed by atoms with van der Waals surface area (Å²) in [6.45, 7) is 4.71. The minimum absolute atomic E-state index is 0.0751. The largest absolute Gasteiger partial charge is 0.456 e. The lowest BCUT2D eigenvalue weighted by atomic mass is 9.95. The van der Waals surface area contributed by atoms with Gasteiger partial charge in [0.05, 0.1) is 0 Å². The molecule has 0 aromatic carbocycles. The maximum atomic E-state index is 12.9. The molecule has 1 rings (SSSR count). The number of rotatable bonds is 17. The topological polar surface area (TPSA) is 197 Å². The molecule has 1 heterocycles. The fourth-order valence-corrected chi connectivity index (χ4v) is 4.58. The van der Waals surface area contributed by atoms with Gasteiger partial charge in [0.15, 0.2) is 18.5 Å². The Bertz CT molecular complexity index is 911. The lowest BCUT2D eigenvalue weighted by Crippen LogP contribution is -2.67. The van der Waals surface area contributed by atoms with Crippen LogP contribution in [0.5, 0.6) is 0 Å². The van der Waals surface area contributed by atoms with Crippen molar-refractivity contribution in [2.45, 2.75) is 90.1 Å². The fraction of sp³-hybridized carbons (Fsp3) is 0.750. The van der Waals surface area contributed by atoms with E-state index in [1.165, 1.54) is 25.6 Å². The van der Waals surface area contributed by atoms with Crippen LogP contribution in [-0.4, -0.2) is 97.5 Å². The van der Waals surface area contributed by atoms with Gasteiger partial charge >= 0.3 is 17.9 Å². The number of hydrogen-bond acceptors (Lipinski definition) is 14. The van der Waals surface area contributed by atoms with E-state index in [0.29, 0.717) is 25.0 Å². The smallest absolute Gasteiger partial charge is 0.325 e. The third-order valence-electron chi connectivity index (χ3n) is 5.62. The third-order valence-corrected chi connectivity index (χ3v) is 6.35. The molecule has 1 saturated heterocycles. The molecule has 4 N–H and O–H groups in total. The van der Waals surface area contributed by atoms with E-state index in [9.17, 15) is 28.8 Å². The van der Waals surface area contributed by atoms with Crippen LogP contribution in [0.25, 0.3) is 0 Å². The predicted octanol–water partition coefficient (Wildman–Crippen LogP) is -0.467. The first-order chi connectivity index (χ1) is 19.4. The number of carbonyl (C=O) groups excluding carboxylic acids is 6. The summed E-state index contributed by atoms with van der Waals surface area (Å²) in [6.07, 6.45) is -1.61. The Labute approximate surface area is 248 Å². The number of carbonyl (C=O) groups is 6. The second kappa shape index (κ2) is 19.5. The van der Waals surface area contributed by atoms with Gasteiger partial charge in [0.1, 0.15) is 18.2 Å². The summed E-state index contributed by atoms with van der Waals surface area (Å²) in [4.78, 5) is 78.7. The molecule has 0 saturated carbocycles. The van der Waals surface area contributed by atoms with Crippen LogP contribution in [0.15, 0.2) is 0 Å². The van der Waals surface area contributed by atoms with Gasteiger partial charge in [0, 0.05) is 47.3 Å². The van der Waals surface area contributed by atoms with Gasteiger partial charge in [-0.25, -0.2) is 0 Å². The van der Waals surface area contributed by atoms with E-state index in [-0.39, 0.29) is 25.5 Å². The van der Waals surface area contributed by atoms with E-state index >= 15 is 0 Å². The Kier molecular flexibility index (Phi) is 17.3. The van der Waals surface area contributed by atoms with Crippen LogP contribution >= 0.6 is 24.6 Å². The average molecular weight is 625 g/mol. The maximum Gasteiger partial charge on any atom is 0.325 e. The van der Waals surface area contributed by atoms with Gasteiger partial charge in [-0.05, 0) is 31.3 Å². The normalized spacial score (nSPS) is 22.5. The Morgan fingerprint density at radius 2 is 1.61 bits per heavy atom. The molecule has 17 heteroatoms. The molecular weight excluding hydrogens is 584 g/mol. The zero-order valence-corrected chi connectivity index (χ0v) is 25.5. The predicted molar refractivity (Wildman–Crippen MR) is 149 cm³/mol. The van der Waals surface area contributed by atoms with Gasteiger partial charge in [0.2, 0.25) is 17.7 Å². The molecule has 41 heavy (non-hydrogen) atoms. The number of thioether (sulfide) groups is 1. The molecule has 0 bridgehead atoms. The van der Waals surface area contributed by atoms with Gasteiger partial charge in [-0.2, -0.15) is 11.8 Å². The molecule has 0 aliphatic carbocycles. The summed E-state index contributed by atoms with van der Waals surface area (Å²) in [5.74, 6) is -2.71. The van der Waals surface area contributed by atoms with E-state index in [2.05, 4.69) is 33.6 Å². The first-order valence-electron chi connectivity index (χ1n) is 12.9. The number of amides is 3. The van der Waals surface area contributed by atoms with Crippen molar-refractivity contribution in [2.75, 3.05) is 25.2 Å². The molecule has 1 aliphatic heterocycles. The molecule has 0 aromatic heterocycles. The van der Waals surface area contributed by atoms with E-state index < -0.39 is 66.4 Å². The van der Waals surface area contributed by atoms with Crippen molar-refractivity contribution in [3.8, 4) is 0 Å². The Hall–Kier alpha value is -2.60. The van der Waals surface area contributed by atoms with Crippen molar-refractivity contribution >= 4 is 60.2 Å². The van der Waals surface area contributed by atoms with Gasteiger partial charge in [-0.15, -0.1) is 0 Å². The van der Waals surface area contributed by atoms with E-state index in [0.717, 1.165) is 13.8 Å². The van der Waals surface area contributed by atoms with Crippen molar-refractivity contribution in [1.29, 1.82) is 0 Å². The van der Waals surface area contributed by atoms with Crippen LogP contribution in [0.3, 0.4) is 0 Å². The maximum absolute atomic E-state index is 12.9. The highest BCUT2D eigenvalue weighted by molar-refractivity contribution is 7.98. The summed E-state index contributed by atoms with van der Waals surface area (Å²) in [5, 5.41) is 7.92. The van der Waals surface area contributed by atoms with Crippen LogP contribution in [0.4, 0.5) is 0 Å². The summed E-state index contributed by atoms with van der Waals surface area (Å²) in [5.41, 5.74) is 0. The van der Waals surface area contributed by atoms with Crippen LogP contribution in [-0.2, 0) is 52.6 Å². The first kappa shape index (κ1) is 36.4. The number of thiol groups is 1. The third kappa shape index (κ3) is 14.2. The monoisotopic (exact) mass is 624 g/mol. The molecular formula is C24H40N4O11S2. The van der Waals surface area contributed by atoms with Gasteiger partial charge < -0.3 is 39.7 Å². The Morgan fingerprint density at radius 3 is 2.17 bits per heavy atom. The second-order valence-corrected chi connectivity index (χ2v) is 10.3. The number of ether oxygens (including phenoxy) is 4. The lowest BCUT2D eigenvalue weighted by Gasteiger charge is -2.45. The van der Waals surface area contributed by atoms with Crippen molar-refractivity contribution in [3.63, 3.8) is 0 Å². The van der Waals surface area contributed by atoms with E-state index in [1.807, 2.05) is 11.1 Å². The van der Waals surface area contributed by atoms with Crippen LogP contribution in [0.1, 0.15) is 53.4 Å². The Morgan fingerprint density at radius 1 is 0.951 bits per heavy atom. The summed E-state index contributed by atoms with van der Waals surface area (Å²) >= 11 is 5.10. The summed E-state index contributed by atoms with van der Waals surface area (Å²) in [7, 11) is 0. The Balaban J connectivity index is 3.17. The molecule has 3 amide bonds. The molecule has 3 unspecified atom stereocenters. The number of unbranched alkanes of at least 4 members (excludes halogenated alkanes) is 1. The average Bonchev–Trinajstić information content (AvgIpc) is 2.87. The fourth-order valence-electron chi connectivity index (χ4n) is 4.01. The number of nitrogens with one attached hydrogen (secondary N) is 4. The van der Waals surface area contributed by atoms with Crippen LogP contribution < -0.4 is 20.8 Å². The molecule has 6 atom stereocenters. The van der Waals surface area contributed by atoms with Gasteiger partial charge in [0.25, 0.3) is 0 Å². The highest BCUT2D eigenvalue weighted by Crippen LogP contribution is 2.27. The zero-order chi connectivity index (χ0) is 30.9. The second-order valence-electron chi connectivity index (χ2n) is 9.09. The first-order valence-corrected chi connectivity index (χ1v) is 14.7. The van der Waals surface area contributed by atoms with E-state index in [4.69, 9.17) is 18.9 Å². The quantitative estimate of drug-likeness (QED) is 0.0458. The minimum Gasteiger partial charge on any atom is -0.456 e. The number of hydrogen-bond donors (Lipinski definition) is 5. The molecule has 0 spiro atoms. The molecule has 0 radical (unpaired) electrons. The SMILES string of the molecule is CSCCC(NC(C)=O)C(=O)NCC1O[C@@H](OCCCCC(=O)ONS)[C@@H](NC(C)=O)C(OC(C)=O)[C@H]1OC(C)=O. The zero-order valence-electron chi connectivity index (χ0n) is 23.8.